The number of ether oxygens (including phenoxy) is 1. The van der Waals surface area contributed by atoms with E-state index in [0.717, 1.165) is 68.0 Å². The van der Waals surface area contributed by atoms with Crippen molar-refractivity contribution in [3.63, 3.8) is 0 Å². The lowest BCUT2D eigenvalue weighted by molar-refractivity contribution is -0.134. The van der Waals surface area contributed by atoms with Crippen molar-refractivity contribution in [2.45, 2.75) is 58.0 Å². The molecule has 17 nitrogen and oxygen atoms in total. The fraction of sp³-hybridized carbons (Fsp3) is 0.463. The first-order valence-corrected chi connectivity index (χ1v) is 20.5. The molecule has 3 N–H and O–H groups in total. The van der Waals surface area contributed by atoms with Crippen molar-refractivity contribution in [3.8, 4) is 5.75 Å². The van der Waals surface area contributed by atoms with E-state index in [9.17, 15) is 19.2 Å². The molecule has 0 spiro atoms. The molecular formula is C41H49ClN12O5. The number of benzene rings is 1. The Bertz CT molecular complexity index is 2500. The second kappa shape index (κ2) is 16.4. The van der Waals surface area contributed by atoms with Crippen molar-refractivity contribution in [2.24, 2.45) is 13.0 Å². The summed E-state index contributed by atoms with van der Waals surface area (Å²) in [4.78, 5) is 70.6. The van der Waals surface area contributed by atoms with Crippen LogP contribution in [-0.2, 0) is 21.4 Å². The van der Waals surface area contributed by atoms with Gasteiger partial charge in [-0.1, -0.05) is 11.6 Å². The number of nitrogens with zero attached hydrogens (tertiary/aromatic N) is 9. The van der Waals surface area contributed by atoms with E-state index in [1.807, 2.05) is 31.6 Å². The predicted octanol–water partition coefficient (Wildman–Crippen LogP) is 3.73. The van der Waals surface area contributed by atoms with E-state index in [-0.39, 0.29) is 47.7 Å². The van der Waals surface area contributed by atoms with E-state index >= 15 is 0 Å². The lowest BCUT2D eigenvalue weighted by Crippen LogP contribution is -2.53. The largest absolute Gasteiger partial charge is 0.478 e. The topological polar surface area (TPSA) is 185 Å². The third kappa shape index (κ3) is 8.13. The van der Waals surface area contributed by atoms with Gasteiger partial charge in [-0.3, -0.25) is 38.6 Å². The second-order valence-electron chi connectivity index (χ2n) is 16.0. The summed E-state index contributed by atoms with van der Waals surface area (Å²) in [6.07, 6.45) is 5.12. The van der Waals surface area contributed by atoms with Crippen LogP contribution in [0, 0.1) is 5.92 Å². The number of amides is 3. The zero-order valence-electron chi connectivity index (χ0n) is 33.9. The second-order valence-corrected chi connectivity index (χ2v) is 16.4. The Kier molecular flexibility index (Phi) is 11.1. The van der Waals surface area contributed by atoms with Crippen molar-refractivity contribution < 1.29 is 19.1 Å². The van der Waals surface area contributed by atoms with Gasteiger partial charge in [0.05, 0.1) is 35.2 Å². The minimum atomic E-state index is -0.424. The monoisotopic (exact) mass is 824 g/mol. The predicted molar refractivity (Wildman–Crippen MR) is 226 cm³/mol. The van der Waals surface area contributed by atoms with Gasteiger partial charge in [0.15, 0.2) is 18.2 Å². The van der Waals surface area contributed by atoms with Crippen molar-refractivity contribution in [1.29, 1.82) is 0 Å². The minimum Gasteiger partial charge on any atom is -0.478 e. The first kappa shape index (κ1) is 40.0. The van der Waals surface area contributed by atoms with Gasteiger partial charge in [-0.05, 0) is 69.9 Å². The van der Waals surface area contributed by atoms with E-state index < -0.39 is 5.92 Å². The number of fused-ring (bicyclic) bond motifs is 2. The van der Waals surface area contributed by atoms with E-state index in [2.05, 4.69) is 65.7 Å². The molecule has 8 rings (SSSR count). The van der Waals surface area contributed by atoms with Gasteiger partial charge in [0.25, 0.3) is 11.5 Å². The number of anilines is 4. The Morgan fingerprint density at radius 1 is 1.03 bits per heavy atom. The van der Waals surface area contributed by atoms with E-state index in [0.29, 0.717) is 52.3 Å². The first-order chi connectivity index (χ1) is 28.4. The fourth-order valence-electron chi connectivity index (χ4n) is 8.48. The van der Waals surface area contributed by atoms with Crippen LogP contribution in [-0.4, -0.2) is 111 Å². The Balaban J connectivity index is 0.902. The van der Waals surface area contributed by atoms with E-state index in [4.69, 9.17) is 26.4 Å². The smallest absolute Gasteiger partial charge is 0.294 e. The van der Waals surface area contributed by atoms with Gasteiger partial charge in [-0.25, -0.2) is 9.97 Å². The highest BCUT2D eigenvalue weighted by atomic mass is 35.5. The van der Waals surface area contributed by atoms with Gasteiger partial charge in [0.2, 0.25) is 17.8 Å². The average Bonchev–Trinajstić information content (AvgIpc) is 3.82. The summed E-state index contributed by atoms with van der Waals surface area (Å²) in [6.45, 7) is 11.0. The number of likely N-dealkylation sites (N-methyl/N-ethyl adjacent to an activating group) is 1. The number of carbonyl (C=O) groups is 3. The highest BCUT2D eigenvalue weighted by Gasteiger charge is 2.33. The van der Waals surface area contributed by atoms with Crippen LogP contribution in [0.2, 0.25) is 5.02 Å². The highest BCUT2D eigenvalue weighted by molar-refractivity contribution is 6.33. The normalized spacial score (nSPS) is 20.2. The maximum absolute atomic E-state index is 13.2. The zero-order chi connectivity index (χ0) is 41.5. The molecule has 0 bridgehead atoms. The molecule has 7 heterocycles. The molecule has 1 aromatic carbocycles. The molecule has 0 aliphatic carbocycles. The number of nitrogens with one attached hydrogen (secondary N) is 3. The number of carbonyl (C=O) groups excluding carboxylic acids is 3. The number of hydrogen-bond acceptors (Lipinski definition) is 13. The van der Waals surface area contributed by atoms with Gasteiger partial charge in [-0.2, -0.15) is 10.1 Å². The van der Waals surface area contributed by atoms with Gasteiger partial charge < -0.3 is 25.2 Å². The van der Waals surface area contributed by atoms with E-state index in [1.54, 1.807) is 23.0 Å². The van der Waals surface area contributed by atoms with Crippen LogP contribution in [0.5, 0.6) is 5.75 Å². The molecule has 18 heteroatoms. The van der Waals surface area contributed by atoms with Crippen molar-refractivity contribution in [1.82, 2.24) is 44.8 Å². The van der Waals surface area contributed by atoms with Crippen molar-refractivity contribution >= 4 is 74.4 Å². The summed E-state index contributed by atoms with van der Waals surface area (Å²) in [7, 11) is 3.41. The number of aromatic nitrogens is 6. The SMILES string of the molecule is CNC(=O)COc1cc2cc(Nc3nc(N4CCN(C[C@@H]5CCN(c6ccc7c(C8CCC(=O)NC8=O)nn(C)c7c6)C5)[C@@H](C)C4)ncc3Cl)cnc2n(C(C)C)c1=O. The number of rotatable bonds is 11. The minimum absolute atomic E-state index is 0.0562. The standard InChI is InChI=1S/C41H49ClN12O5/c1-23(2)54-38-26(15-33(40(54)58)59-22-35(56)43-4)14-27(17-44-38)46-37-31(42)18-45-41(48-37)53-13-12-51(24(3)19-53)20-25-10-11-52(21-25)28-6-7-29-32(16-28)50(5)49-36(29)30-8-9-34(55)47-39(30)57/h6-7,14-18,23-25,30H,8-13,19-22H2,1-5H3,(H,43,56)(H,45,46,48)(H,47,55,57)/t24-,25-,30?/m0/s1. The highest BCUT2D eigenvalue weighted by Crippen LogP contribution is 2.34. The number of aryl methyl sites for hydroxylation is 1. The number of hydrogen-bond donors (Lipinski definition) is 3. The van der Waals surface area contributed by atoms with E-state index in [1.165, 1.54) is 7.05 Å². The summed E-state index contributed by atoms with van der Waals surface area (Å²) in [6, 6.07) is 9.87. The molecule has 3 fully saturated rings. The van der Waals surface area contributed by atoms with Crippen LogP contribution in [0.3, 0.4) is 0 Å². The van der Waals surface area contributed by atoms with Crippen molar-refractivity contribution in [3.05, 3.63) is 63.8 Å². The van der Waals surface area contributed by atoms with Crippen molar-refractivity contribution in [2.75, 3.05) is 68.0 Å². The van der Waals surface area contributed by atoms with Crippen LogP contribution in [0.15, 0.2) is 47.5 Å². The van der Waals surface area contributed by atoms with Crippen LogP contribution < -0.4 is 36.0 Å². The number of piperazine rings is 1. The first-order valence-electron chi connectivity index (χ1n) is 20.1. The Morgan fingerprint density at radius 3 is 2.63 bits per heavy atom. The van der Waals surface area contributed by atoms with Gasteiger partial charge in [-0.15, -0.1) is 0 Å². The lowest BCUT2D eigenvalue weighted by Gasteiger charge is -2.41. The number of halogens is 1. The maximum Gasteiger partial charge on any atom is 0.294 e. The molecule has 3 aliphatic heterocycles. The summed E-state index contributed by atoms with van der Waals surface area (Å²) in [5.74, 6) is 0.310. The Labute approximate surface area is 346 Å². The molecule has 3 aliphatic rings. The van der Waals surface area contributed by atoms with Crippen LogP contribution in [0.1, 0.15) is 57.7 Å². The lowest BCUT2D eigenvalue weighted by atomic mass is 9.93. The molecule has 1 unspecified atom stereocenters. The Hall–Kier alpha value is -5.81. The van der Waals surface area contributed by atoms with Gasteiger partial charge in [0, 0.05) is 88.3 Å². The summed E-state index contributed by atoms with van der Waals surface area (Å²) >= 11 is 6.61. The summed E-state index contributed by atoms with van der Waals surface area (Å²) in [5.41, 5.74) is 3.58. The fourth-order valence-corrected chi connectivity index (χ4v) is 8.62. The molecule has 59 heavy (non-hydrogen) atoms. The van der Waals surface area contributed by atoms with Gasteiger partial charge in [0.1, 0.15) is 10.7 Å². The molecule has 3 atom stereocenters. The average molecular weight is 825 g/mol. The third-order valence-electron chi connectivity index (χ3n) is 11.6. The molecule has 0 radical (unpaired) electrons. The number of piperidine rings is 1. The Morgan fingerprint density at radius 2 is 1.86 bits per heavy atom. The molecular weight excluding hydrogens is 776 g/mol. The molecule has 310 valence electrons. The van der Waals surface area contributed by atoms with Crippen LogP contribution in [0.25, 0.3) is 21.9 Å². The molecule has 3 saturated heterocycles. The zero-order valence-corrected chi connectivity index (χ0v) is 34.6. The molecule has 0 saturated carbocycles. The van der Waals surface area contributed by atoms with Crippen LogP contribution in [0.4, 0.5) is 23.1 Å². The summed E-state index contributed by atoms with van der Waals surface area (Å²) < 4.78 is 8.98. The van der Waals surface area contributed by atoms with Gasteiger partial charge >= 0.3 is 0 Å². The number of pyridine rings is 2. The molecule has 4 aromatic heterocycles. The van der Waals surface area contributed by atoms with Crippen LogP contribution >= 0.6 is 11.6 Å². The molecule has 3 amide bonds. The third-order valence-corrected chi connectivity index (χ3v) is 11.9. The maximum atomic E-state index is 13.2. The quantitative estimate of drug-likeness (QED) is 0.164. The number of imide groups is 1. The summed E-state index contributed by atoms with van der Waals surface area (Å²) in [5, 5.41) is 14.9. The molecule has 5 aromatic rings.